The second-order valence-electron chi connectivity index (χ2n) is 6.70. The van der Waals surface area contributed by atoms with Gasteiger partial charge in [-0.1, -0.05) is 24.3 Å². The van der Waals surface area contributed by atoms with Crippen LogP contribution in [-0.2, 0) is 13.0 Å². The fourth-order valence-electron chi connectivity index (χ4n) is 4.53. The summed E-state index contributed by atoms with van der Waals surface area (Å²) in [7, 11) is 0. The smallest absolute Gasteiger partial charge is 0.149 e. The van der Waals surface area contributed by atoms with E-state index < -0.39 is 0 Å². The lowest BCUT2D eigenvalue weighted by Gasteiger charge is -2.22. The van der Waals surface area contributed by atoms with E-state index in [9.17, 15) is 0 Å². The number of hydrogen-bond acceptors (Lipinski definition) is 3. The molecule has 1 saturated carbocycles. The van der Waals surface area contributed by atoms with Crippen LogP contribution in [0, 0.1) is 5.92 Å². The van der Waals surface area contributed by atoms with Gasteiger partial charge in [0.1, 0.15) is 11.6 Å². The molecule has 108 valence electrons. The molecule has 4 atom stereocenters. The molecule has 1 N–H and O–H groups in total. The van der Waals surface area contributed by atoms with Gasteiger partial charge in [0.2, 0.25) is 0 Å². The number of benzene rings is 1. The summed E-state index contributed by atoms with van der Waals surface area (Å²) in [5, 5.41) is 12.5. The van der Waals surface area contributed by atoms with E-state index in [1.165, 1.54) is 18.7 Å². The zero-order valence-corrected chi connectivity index (χ0v) is 12.3. The maximum atomic E-state index is 4.58. The lowest BCUT2D eigenvalue weighted by atomic mass is 9.92. The van der Waals surface area contributed by atoms with E-state index in [1.807, 2.05) is 0 Å². The van der Waals surface area contributed by atoms with E-state index in [0.29, 0.717) is 17.9 Å². The highest BCUT2D eigenvalue weighted by molar-refractivity contribution is 5.43. The van der Waals surface area contributed by atoms with Crippen molar-refractivity contribution in [2.24, 2.45) is 5.92 Å². The average Bonchev–Trinajstić information content (AvgIpc) is 3.10. The van der Waals surface area contributed by atoms with Crippen LogP contribution in [0.5, 0.6) is 0 Å². The van der Waals surface area contributed by atoms with E-state index in [4.69, 9.17) is 0 Å². The highest BCUT2D eigenvalue weighted by Gasteiger charge is 2.56. The summed E-state index contributed by atoms with van der Waals surface area (Å²) < 4.78 is 2.38. The van der Waals surface area contributed by atoms with Crippen LogP contribution in [0.2, 0.25) is 0 Å². The van der Waals surface area contributed by atoms with Gasteiger partial charge in [-0.15, -0.1) is 10.2 Å². The van der Waals surface area contributed by atoms with Crippen LogP contribution in [0.25, 0.3) is 0 Å². The minimum atomic E-state index is 0.327. The summed E-state index contributed by atoms with van der Waals surface area (Å²) >= 11 is 0. The van der Waals surface area contributed by atoms with Gasteiger partial charge < -0.3 is 9.88 Å². The molecule has 3 aliphatic rings. The fourth-order valence-corrected chi connectivity index (χ4v) is 4.53. The molecule has 1 aromatic heterocycles. The topological polar surface area (TPSA) is 42.7 Å². The van der Waals surface area contributed by atoms with Crippen LogP contribution in [0.1, 0.15) is 54.0 Å². The molecule has 2 aliphatic carbocycles. The second-order valence-corrected chi connectivity index (χ2v) is 6.70. The predicted molar refractivity (Wildman–Crippen MR) is 80.2 cm³/mol. The first kappa shape index (κ1) is 11.9. The summed E-state index contributed by atoms with van der Waals surface area (Å²) in [6.45, 7) is 4.22. The van der Waals surface area contributed by atoms with Gasteiger partial charge in [-0.25, -0.2) is 0 Å². The van der Waals surface area contributed by atoms with Crippen molar-refractivity contribution in [3.05, 3.63) is 47.0 Å². The normalized spacial score (nSPS) is 33.0. The van der Waals surface area contributed by atoms with Gasteiger partial charge in [0.25, 0.3) is 0 Å². The van der Waals surface area contributed by atoms with E-state index in [1.54, 1.807) is 11.1 Å². The lowest BCUT2D eigenvalue weighted by Crippen LogP contribution is -2.32. The molecule has 1 fully saturated rings. The Morgan fingerprint density at radius 1 is 1.14 bits per heavy atom. The summed E-state index contributed by atoms with van der Waals surface area (Å²) in [5.74, 6) is 4.44. The van der Waals surface area contributed by atoms with Crippen molar-refractivity contribution in [1.82, 2.24) is 20.1 Å². The first-order valence-electron chi connectivity index (χ1n) is 8.09. The Hall–Kier alpha value is -1.68. The van der Waals surface area contributed by atoms with E-state index in [0.717, 1.165) is 24.8 Å². The van der Waals surface area contributed by atoms with Crippen molar-refractivity contribution >= 4 is 0 Å². The first-order valence-corrected chi connectivity index (χ1v) is 8.09. The maximum absolute atomic E-state index is 4.58. The Morgan fingerprint density at radius 2 is 2.00 bits per heavy atom. The number of rotatable bonds is 1. The first-order chi connectivity index (χ1) is 10.3. The number of fused-ring (bicyclic) bond motifs is 4. The number of nitrogens with one attached hydrogen (secondary N) is 1. The Balaban J connectivity index is 1.54. The van der Waals surface area contributed by atoms with E-state index in [-0.39, 0.29) is 0 Å². The molecule has 1 aliphatic heterocycles. The maximum Gasteiger partial charge on any atom is 0.149 e. The van der Waals surface area contributed by atoms with Crippen molar-refractivity contribution in [3.8, 4) is 0 Å². The van der Waals surface area contributed by atoms with Gasteiger partial charge in [-0.2, -0.15) is 0 Å². The van der Waals surface area contributed by atoms with Crippen LogP contribution < -0.4 is 5.32 Å². The molecule has 0 spiro atoms. The Kier molecular flexibility index (Phi) is 2.37. The van der Waals surface area contributed by atoms with Gasteiger partial charge in [0.05, 0.1) is 6.04 Å². The summed E-state index contributed by atoms with van der Waals surface area (Å²) in [6.07, 6.45) is 2.54. The lowest BCUT2D eigenvalue weighted by molar-refractivity contribution is 0.428. The molecule has 4 unspecified atom stereocenters. The highest BCUT2D eigenvalue weighted by atomic mass is 15.3. The number of aryl methyl sites for hydroxylation is 1. The van der Waals surface area contributed by atoms with Crippen LogP contribution >= 0.6 is 0 Å². The molecule has 2 heterocycles. The number of nitrogens with zero attached hydrogens (tertiary/aromatic N) is 3. The third-order valence-corrected chi connectivity index (χ3v) is 5.61. The molecule has 0 amide bonds. The second kappa shape index (κ2) is 4.17. The number of aromatic nitrogens is 3. The third-order valence-electron chi connectivity index (χ3n) is 5.61. The average molecular weight is 280 g/mol. The molecule has 0 radical (unpaired) electrons. The summed E-state index contributed by atoms with van der Waals surface area (Å²) in [6, 6.07) is 9.30. The predicted octanol–water partition coefficient (Wildman–Crippen LogP) is 2.39. The van der Waals surface area contributed by atoms with Crippen molar-refractivity contribution < 1.29 is 0 Å². The third kappa shape index (κ3) is 1.59. The molecular weight excluding hydrogens is 260 g/mol. The van der Waals surface area contributed by atoms with Crippen molar-refractivity contribution in [3.63, 3.8) is 0 Å². The molecule has 0 saturated heterocycles. The fraction of sp³-hybridized carbons (Fsp3) is 0.529. The molecule has 4 nitrogen and oxygen atoms in total. The Bertz CT molecular complexity index is 705. The zero-order chi connectivity index (χ0) is 14.0. The monoisotopic (exact) mass is 280 g/mol. The number of hydrogen-bond donors (Lipinski definition) is 1. The van der Waals surface area contributed by atoms with Crippen LogP contribution in [0.3, 0.4) is 0 Å². The van der Waals surface area contributed by atoms with Crippen LogP contribution in [0.15, 0.2) is 24.3 Å². The van der Waals surface area contributed by atoms with Crippen molar-refractivity contribution in [2.45, 2.75) is 44.2 Å². The minimum absolute atomic E-state index is 0.327. The van der Waals surface area contributed by atoms with Gasteiger partial charge in [0, 0.05) is 19.0 Å². The molecular formula is C17H20N4. The van der Waals surface area contributed by atoms with Crippen LogP contribution in [-0.4, -0.2) is 21.3 Å². The highest BCUT2D eigenvalue weighted by Crippen LogP contribution is 2.64. The van der Waals surface area contributed by atoms with Gasteiger partial charge in [0.15, 0.2) is 0 Å². The van der Waals surface area contributed by atoms with Gasteiger partial charge in [-0.05, 0) is 42.7 Å². The summed E-state index contributed by atoms with van der Waals surface area (Å²) in [4.78, 5) is 0. The van der Waals surface area contributed by atoms with Crippen molar-refractivity contribution in [1.29, 1.82) is 0 Å². The molecule has 21 heavy (non-hydrogen) atoms. The zero-order valence-electron chi connectivity index (χ0n) is 12.3. The summed E-state index contributed by atoms with van der Waals surface area (Å²) in [5.41, 5.74) is 3.12. The van der Waals surface area contributed by atoms with E-state index >= 15 is 0 Å². The van der Waals surface area contributed by atoms with Crippen molar-refractivity contribution in [2.75, 3.05) is 6.54 Å². The molecule has 4 heteroatoms. The van der Waals surface area contributed by atoms with E-state index in [2.05, 4.69) is 51.3 Å². The molecule has 5 rings (SSSR count). The van der Waals surface area contributed by atoms with Gasteiger partial charge in [-0.3, -0.25) is 0 Å². The Labute approximate surface area is 124 Å². The molecule has 2 aromatic rings. The SMILES string of the molecule is CC1NCCn2c1nnc2C1C2CCc3ccccc3C21. The van der Waals surface area contributed by atoms with Gasteiger partial charge >= 0.3 is 0 Å². The Morgan fingerprint density at radius 3 is 2.95 bits per heavy atom. The van der Waals surface area contributed by atoms with Crippen LogP contribution in [0.4, 0.5) is 0 Å². The largest absolute Gasteiger partial charge is 0.312 e. The molecule has 0 bridgehead atoms. The quantitative estimate of drug-likeness (QED) is 0.872. The standard InChI is InChI=1S/C17H20N4/c1-10-16-19-20-17(21(16)9-8-18-10)15-13-7-6-11-4-2-3-5-12(11)14(13)15/h2-5,10,13-15,18H,6-9H2,1H3. The molecule has 1 aromatic carbocycles. The minimum Gasteiger partial charge on any atom is -0.312 e.